The van der Waals surface area contributed by atoms with Gasteiger partial charge < -0.3 is 0 Å². The van der Waals surface area contributed by atoms with E-state index in [1.807, 2.05) is 12.1 Å². The number of rotatable bonds is 1. The van der Waals surface area contributed by atoms with E-state index >= 15 is 0 Å². The minimum absolute atomic E-state index is 0.801. The number of hydrogen-bond acceptors (Lipinski definition) is 0. The lowest BCUT2D eigenvalue weighted by Crippen LogP contribution is -1.97. The Morgan fingerprint density at radius 1 is 1.08 bits per heavy atom. The Bertz CT molecular complexity index is 324. The molecule has 1 aliphatic carbocycles. The van der Waals surface area contributed by atoms with Gasteiger partial charge in [0.15, 0.2) is 0 Å². The summed E-state index contributed by atoms with van der Waals surface area (Å²) < 4.78 is 1.34. The van der Waals surface area contributed by atoms with E-state index in [4.69, 9.17) is 11.6 Å². The lowest BCUT2D eigenvalue weighted by atomic mass is 9.92. The molecule has 0 spiro atoms. The van der Waals surface area contributed by atoms with Gasteiger partial charge in [0.1, 0.15) is 0 Å². The first-order chi connectivity index (χ1) is 5.77. The van der Waals surface area contributed by atoms with Crippen LogP contribution >= 0.6 is 27.5 Å². The van der Waals surface area contributed by atoms with Crippen LogP contribution in [0.5, 0.6) is 0 Å². The van der Waals surface area contributed by atoms with E-state index in [0.717, 1.165) is 5.02 Å². The van der Waals surface area contributed by atoms with Gasteiger partial charge >= 0.3 is 0 Å². The van der Waals surface area contributed by atoms with Gasteiger partial charge in [-0.3, -0.25) is 0 Å². The quantitative estimate of drug-likeness (QED) is 0.692. The van der Waals surface area contributed by atoms with Crippen molar-refractivity contribution in [3.8, 4) is 0 Å². The number of benzene rings is 1. The van der Waals surface area contributed by atoms with E-state index in [0.29, 0.717) is 0 Å². The molecule has 0 N–H and O–H groups in total. The molecule has 0 heterocycles. The summed E-state index contributed by atoms with van der Waals surface area (Å²) in [5.74, 6) is 0. The fourth-order valence-electron chi connectivity index (χ4n) is 1.30. The third-order valence-corrected chi connectivity index (χ3v) is 3.24. The van der Waals surface area contributed by atoms with E-state index in [-0.39, 0.29) is 0 Å². The van der Waals surface area contributed by atoms with Gasteiger partial charge in [-0.05, 0) is 40.6 Å². The smallest absolute Gasteiger partial charge is 0.0406 e. The van der Waals surface area contributed by atoms with Crippen LogP contribution in [-0.4, -0.2) is 0 Å². The minimum Gasteiger partial charge on any atom is -0.0843 e. The molecule has 0 saturated heterocycles. The Morgan fingerprint density at radius 3 is 2.17 bits per heavy atom. The lowest BCUT2D eigenvalue weighted by molar-refractivity contribution is 0.974. The standard InChI is InChI=1S/C10H8BrCl/c11-10-6-5-9(10)7-1-3-8(12)4-2-7/h1-4H,5-6H2. The van der Waals surface area contributed by atoms with Gasteiger partial charge in [0.25, 0.3) is 0 Å². The average molecular weight is 244 g/mol. The van der Waals surface area contributed by atoms with Crippen molar-refractivity contribution in [3.05, 3.63) is 39.3 Å². The first-order valence-electron chi connectivity index (χ1n) is 3.91. The first kappa shape index (κ1) is 8.33. The maximum absolute atomic E-state index is 5.79. The van der Waals surface area contributed by atoms with Crippen molar-refractivity contribution in [2.45, 2.75) is 12.8 Å². The molecule has 0 radical (unpaired) electrons. The van der Waals surface area contributed by atoms with E-state index in [9.17, 15) is 0 Å². The molecule has 0 saturated carbocycles. The van der Waals surface area contributed by atoms with Gasteiger partial charge in [-0.25, -0.2) is 0 Å². The summed E-state index contributed by atoms with van der Waals surface area (Å²) >= 11 is 9.31. The van der Waals surface area contributed by atoms with Crippen molar-refractivity contribution in [3.63, 3.8) is 0 Å². The van der Waals surface area contributed by atoms with Gasteiger partial charge in [0.05, 0.1) is 0 Å². The largest absolute Gasteiger partial charge is 0.0843 e. The summed E-state index contributed by atoms with van der Waals surface area (Å²) in [5.41, 5.74) is 2.71. The monoisotopic (exact) mass is 242 g/mol. The highest BCUT2D eigenvalue weighted by Gasteiger charge is 2.15. The molecule has 0 amide bonds. The van der Waals surface area contributed by atoms with Crippen molar-refractivity contribution in [1.29, 1.82) is 0 Å². The maximum atomic E-state index is 5.79. The van der Waals surface area contributed by atoms with Crippen LogP contribution < -0.4 is 0 Å². The zero-order chi connectivity index (χ0) is 8.55. The molecule has 0 fully saturated rings. The summed E-state index contributed by atoms with van der Waals surface area (Å²) in [5, 5.41) is 0.801. The molecule has 62 valence electrons. The number of allylic oxidation sites excluding steroid dienone is 2. The van der Waals surface area contributed by atoms with Crippen LogP contribution in [0.1, 0.15) is 18.4 Å². The summed E-state index contributed by atoms with van der Waals surface area (Å²) in [6.07, 6.45) is 2.36. The molecule has 12 heavy (non-hydrogen) atoms. The molecule has 0 aliphatic heterocycles. The summed E-state index contributed by atoms with van der Waals surface area (Å²) in [6, 6.07) is 8.00. The van der Waals surface area contributed by atoms with Gasteiger partial charge in [0, 0.05) is 5.02 Å². The SMILES string of the molecule is Clc1ccc(C2=C(Br)CC2)cc1. The molecule has 2 rings (SSSR count). The van der Waals surface area contributed by atoms with Crippen LogP contribution in [0.4, 0.5) is 0 Å². The molecule has 1 aromatic carbocycles. The summed E-state index contributed by atoms with van der Waals surface area (Å²) in [6.45, 7) is 0. The summed E-state index contributed by atoms with van der Waals surface area (Å²) in [4.78, 5) is 0. The van der Waals surface area contributed by atoms with Crippen molar-refractivity contribution < 1.29 is 0 Å². The van der Waals surface area contributed by atoms with Gasteiger partial charge in [0.2, 0.25) is 0 Å². The third kappa shape index (κ3) is 1.44. The Kier molecular flexibility index (Phi) is 2.24. The van der Waals surface area contributed by atoms with E-state index in [1.165, 1.54) is 28.5 Å². The van der Waals surface area contributed by atoms with Crippen LogP contribution in [0.15, 0.2) is 28.7 Å². The summed E-state index contributed by atoms with van der Waals surface area (Å²) in [7, 11) is 0. The normalized spacial score (nSPS) is 16.2. The predicted octanol–water partition coefficient (Wildman–Crippen LogP) is 4.24. The second-order valence-electron chi connectivity index (χ2n) is 2.89. The van der Waals surface area contributed by atoms with Crippen LogP contribution in [-0.2, 0) is 0 Å². The Hall–Kier alpha value is -0.270. The van der Waals surface area contributed by atoms with Crippen LogP contribution in [0.2, 0.25) is 5.02 Å². The van der Waals surface area contributed by atoms with Crippen molar-refractivity contribution in [2.75, 3.05) is 0 Å². The van der Waals surface area contributed by atoms with Crippen molar-refractivity contribution in [2.24, 2.45) is 0 Å². The fraction of sp³-hybridized carbons (Fsp3) is 0.200. The molecule has 0 aromatic heterocycles. The molecule has 0 atom stereocenters. The second kappa shape index (κ2) is 3.23. The zero-order valence-electron chi connectivity index (χ0n) is 6.48. The fourth-order valence-corrected chi connectivity index (χ4v) is 2.05. The highest BCUT2D eigenvalue weighted by Crippen LogP contribution is 2.39. The number of halogens is 2. The Morgan fingerprint density at radius 2 is 1.75 bits per heavy atom. The van der Waals surface area contributed by atoms with E-state index < -0.39 is 0 Å². The van der Waals surface area contributed by atoms with Gasteiger partial charge in [-0.15, -0.1) is 0 Å². The Balaban J connectivity index is 2.36. The molecule has 1 aromatic rings. The second-order valence-corrected chi connectivity index (χ2v) is 4.28. The topological polar surface area (TPSA) is 0 Å². The Labute approximate surface area is 85.4 Å². The van der Waals surface area contributed by atoms with Crippen LogP contribution in [0, 0.1) is 0 Å². The average Bonchev–Trinajstić information content (AvgIpc) is 2.06. The maximum Gasteiger partial charge on any atom is 0.0406 e. The van der Waals surface area contributed by atoms with Crippen LogP contribution in [0.25, 0.3) is 5.57 Å². The molecule has 0 nitrogen and oxygen atoms in total. The molecule has 0 unspecified atom stereocenters. The van der Waals surface area contributed by atoms with Gasteiger partial charge in [-0.1, -0.05) is 39.7 Å². The molecular formula is C10H8BrCl. The van der Waals surface area contributed by atoms with E-state index in [2.05, 4.69) is 28.1 Å². The predicted molar refractivity (Wildman–Crippen MR) is 56.5 cm³/mol. The first-order valence-corrected chi connectivity index (χ1v) is 5.08. The molecular weight excluding hydrogens is 235 g/mol. The van der Waals surface area contributed by atoms with Crippen molar-refractivity contribution in [1.82, 2.24) is 0 Å². The van der Waals surface area contributed by atoms with Crippen LogP contribution in [0.3, 0.4) is 0 Å². The molecule has 0 bridgehead atoms. The highest BCUT2D eigenvalue weighted by molar-refractivity contribution is 9.11. The van der Waals surface area contributed by atoms with E-state index in [1.54, 1.807) is 0 Å². The third-order valence-electron chi connectivity index (χ3n) is 2.11. The molecule has 2 heteroatoms. The lowest BCUT2D eigenvalue weighted by Gasteiger charge is -2.19. The molecule has 1 aliphatic rings. The highest BCUT2D eigenvalue weighted by atomic mass is 79.9. The van der Waals surface area contributed by atoms with Gasteiger partial charge in [-0.2, -0.15) is 0 Å². The minimum atomic E-state index is 0.801. The van der Waals surface area contributed by atoms with Crippen molar-refractivity contribution >= 4 is 33.1 Å². The number of hydrogen-bond donors (Lipinski definition) is 0. The zero-order valence-corrected chi connectivity index (χ0v) is 8.82.